The quantitative estimate of drug-likeness (QED) is 0.241. The van der Waals surface area contributed by atoms with Gasteiger partial charge in [0.1, 0.15) is 0 Å². The average molecular weight is 288 g/mol. The van der Waals surface area contributed by atoms with Crippen molar-refractivity contribution in [3.05, 3.63) is 0 Å². The van der Waals surface area contributed by atoms with E-state index in [1.165, 1.54) is 0 Å². The highest BCUT2D eigenvalue weighted by Crippen LogP contribution is 2.02. The second-order valence-corrected chi connectivity index (χ2v) is 4.54. The Bertz CT molecular complexity index is 350. The Morgan fingerprint density at radius 2 is 1.61 bits per heavy atom. The Morgan fingerprint density at radius 1 is 1.06 bits per heavy atom. The van der Waals surface area contributed by atoms with Crippen molar-refractivity contribution in [2.75, 3.05) is 0 Å². The van der Waals surface area contributed by atoms with Crippen molar-refractivity contribution < 1.29 is 0 Å². The molecule has 0 radical (unpaired) electrons. The summed E-state index contributed by atoms with van der Waals surface area (Å²) in [5.41, 5.74) is 17.2. The molecule has 0 aliphatic carbocycles. The van der Waals surface area contributed by atoms with Crippen LogP contribution in [-0.2, 0) is 0 Å². The van der Waals surface area contributed by atoms with E-state index >= 15 is 0 Å². The molecule has 0 bridgehead atoms. The maximum absolute atomic E-state index is 5.33. The number of nitrogens with two attached hydrogens (primary N) is 2. The third-order valence-electron chi connectivity index (χ3n) is 2.07. The van der Waals surface area contributed by atoms with Crippen molar-refractivity contribution in [2.45, 2.75) is 39.5 Å². The molecule has 0 saturated carbocycles. The highest BCUT2D eigenvalue weighted by atomic mass is 32.1. The third kappa shape index (κ3) is 8.82. The van der Waals surface area contributed by atoms with Crippen LogP contribution in [0.5, 0.6) is 0 Å². The van der Waals surface area contributed by atoms with Crippen LogP contribution >= 0.6 is 24.4 Å². The van der Waals surface area contributed by atoms with Crippen LogP contribution in [0, 0.1) is 0 Å². The molecule has 0 fully saturated rings. The number of rotatable bonds is 7. The summed E-state index contributed by atoms with van der Waals surface area (Å²) in [5, 5.41) is 8.38. The highest BCUT2D eigenvalue weighted by molar-refractivity contribution is 7.80. The molecule has 0 aromatic rings. The largest absolute Gasteiger partial charge is 0.375 e. The van der Waals surface area contributed by atoms with E-state index in [9.17, 15) is 0 Å². The monoisotopic (exact) mass is 288 g/mol. The summed E-state index contributed by atoms with van der Waals surface area (Å²) < 4.78 is 0. The molecule has 8 heteroatoms. The van der Waals surface area contributed by atoms with Gasteiger partial charge in [0.15, 0.2) is 10.2 Å². The minimum atomic E-state index is 0.115. The second kappa shape index (κ2) is 9.72. The van der Waals surface area contributed by atoms with Crippen LogP contribution in [0.4, 0.5) is 0 Å². The number of hydrazone groups is 2. The smallest absolute Gasteiger partial charge is 0.184 e. The molecule has 102 valence electrons. The summed E-state index contributed by atoms with van der Waals surface area (Å²) in [4.78, 5) is 0. The number of unbranched alkanes of at least 4 members (excludes halogenated alkanes) is 2. The first-order valence-corrected chi connectivity index (χ1v) is 6.51. The van der Waals surface area contributed by atoms with Gasteiger partial charge in [0.2, 0.25) is 0 Å². The fourth-order valence-corrected chi connectivity index (χ4v) is 1.28. The van der Waals surface area contributed by atoms with E-state index in [1.807, 2.05) is 6.92 Å². The zero-order valence-electron chi connectivity index (χ0n) is 10.7. The molecule has 0 rings (SSSR count). The first kappa shape index (κ1) is 16.7. The maximum Gasteiger partial charge on any atom is 0.184 e. The first-order valence-electron chi connectivity index (χ1n) is 5.69. The number of hydrogen-bond donors (Lipinski definition) is 4. The maximum atomic E-state index is 5.33. The van der Waals surface area contributed by atoms with Gasteiger partial charge in [-0.3, -0.25) is 10.9 Å². The van der Waals surface area contributed by atoms with Gasteiger partial charge in [-0.05, 0) is 44.2 Å². The molecule has 0 unspecified atom stereocenters. The lowest BCUT2D eigenvalue weighted by molar-refractivity contribution is 0.741. The number of hydrogen-bond acceptors (Lipinski definition) is 4. The lowest BCUT2D eigenvalue weighted by atomic mass is 10.1. The summed E-state index contributed by atoms with van der Waals surface area (Å²) in [7, 11) is 0. The van der Waals surface area contributed by atoms with E-state index in [4.69, 9.17) is 23.7 Å². The van der Waals surface area contributed by atoms with Crippen molar-refractivity contribution in [1.29, 1.82) is 0 Å². The van der Waals surface area contributed by atoms with Gasteiger partial charge in [-0.1, -0.05) is 19.8 Å². The van der Waals surface area contributed by atoms with Crippen LogP contribution in [0.1, 0.15) is 39.5 Å². The van der Waals surface area contributed by atoms with E-state index in [0.29, 0.717) is 5.71 Å². The summed E-state index contributed by atoms with van der Waals surface area (Å²) in [6, 6.07) is 0. The van der Waals surface area contributed by atoms with Crippen LogP contribution < -0.4 is 22.3 Å². The normalized spacial score (nSPS) is 12.1. The first-order chi connectivity index (χ1) is 8.47. The predicted molar refractivity (Wildman–Crippen MR) is 84.5 cm³/mol. The van der Waals surface area contributed by atoms with E-state index in [2.05, 4.69) is 40.2 Å². The van der Waals surface area contributed by atoms with Gasteiger partial charge in [0.05, 0.1) is 11.4 Å². The summed E-state index contributed by atoms with van der Waals surface area (Å²) in [6.45, 7) is 3.96. The van der Waals surface area contributed by atoms with E-state index in [0.717, 1.165) is 31.4 Å². The standard InChI is InChI=1S/C10H20N6S2/c1-3-4-5-6-8(14-16-10(12)18)7(2)13-15-9(11)17/h3-6H2,1-2H3,(H3,11,15,17)(H3,12,16,18)/b13-7+,14-8-. The Morgan fingerprint density at radius 3 is 2.11 bits per heavy atom. The molecule has 0 aromatic heterocycles. The topological polar surface area (TPSA) is 101 Å². The predicted octanol–water partition coefficient (Wildman–Crippen LogP) is 0.965. The number of nitrogens with one attached hydrogen (secondary N) is 2. The minimum absolute atomic E-state index is 0.115. The van der Waals surface area contributed by atoms with Crippen molar-refractivity contribution in [2.24, 2.45) is 21.7 Å². The van der Waals surface area contributed by atoms with Crippen LogP contribution in [0.15, 0.2) is 10.2 Å². The van der Waals surface area contributed by atoms with Gasteiger partial charge in [-0.25, -0.2) is 0 Å². The van der Waals surface area contributed by atoms with Gasteiger partial charge < -0.3 is 11.5 Å². The molecule has 0 atom stereocenters. The van der Waals surface area contributed by atoms with Gasteiger partial charge in [0.25, 0.3) is 0 Å². The second-order valence-electron chi connectivity index (χ2n) is 3.66. The molecule has 0 saturated heterocycles. The molecule has 6 N–H and O–H groups in total. The Balaban J connectivity index is 4.62. The lowest BCUT2D eigenvalue weighted by Crippen LogP contribution is -2.29. The summed E-state index contributed by atoms with van der Waals surface area (Å²) in [6.07, 6.45) is 4.07. The third-order valence-corrected chi connectivity index (χ3v) is 2.25. The van der Waals surface area contributed by atoms with Gasteiger partial charge in [-0.15, -0.1) is 0 Å². The van der Waals surface area contributed by atoms with Crippen LogP contribution in [0.25, 0.3) is 0 Å². The molecule has 0 aromatic carbocycles. The molecule has 6 nitrogen and oxygen atoms in total. The van der Waals surface area contributed by atoms with Crippen molar-refractivity contribution in [3.63, 3.8) is 0 Å². The summed E-state index contributed by atoms with van der Waals surface area (Å²) in [5.74, 6) is 0. The molecule has 0 aliphatic heterocycles. The Labute approximate surface area is 118 Å². The fraction of sp³-hybridized carbons (Fsp3) is 0.600. The van der Waals surface area contributed by atoms with Crippen LogP contribution in [0.3, 0.4) is 0 Å². The zero-order valence-corrected chi connectivity index (χ0v) is 12.3. The van der Waals surface area contributed by atoms with Gasteiger partial charge >= 0.3 is 0 Å². The molecule has 18 heavy (non-hydrogen) atoms. The van der Waals surface area contributed by atoms with Crippen LogP contribution in [-0.4, -0.2) is 21.6 Å². The lowest BCUT2D eigenvalue weighted by Gasteiger charge is -2.07. The van der Waals surface area contributed by atoms with Crippen molar-refractivity contribution >= 4 is 46.1 Å². The van der Waals surface area contributed by atoms with Crippen LogP contribution in [0.2, 0.25) is 0 Å². The molecule has 0 spiro atoms. The van der Waals surface area contributed by atoms with Gasteiger partial charge in [0, 0.05) is 0 Å². The fourth-order valence-electron chi connectivity index (χ4n) is 1.19. The van der Waals surface area contributed by atoms with Gasteiger partial charge in [-0.2, -0.15) is 10.2 Å². The minimum Gasteiger partial charge on any atom is -0.375 e. The van der Waals surface area contributed by atoms with Crippen molar-refractivity contribution in [1.82, 2.24) is 10.9 Å². The number of nitrogens with zero attached hydrogens (tertiary/aromatic N) is 2. The highest BCUT2D eigenvalue weighted by Gasteiger charge is 2.05. The van der Waals surface area contributed by atoms with E-state index in [-0.39, 0.29) is 10.2 Å². The number of thiocarbonyl (C=S) groups is 2. The molecule has 0 heterocycles. The molecular formula is C10H20N6S2. The van der Waals surface area contributed by atoms with E-state index < -0.39 is 0 Å². The summed E-state index contributed by atoms with van der Waals surface area (Å²) >= 11 is 9.38. The Hall–Kier alpha value is -1.28. The van der Waals surface area contributed by atoms with Crippen molar-refractivity contribution in [3.8, 4) is 0 Å². The molecule has 0 aliphatic rings. The average Bonchev–Trinajstić information content (AvgIpc) is 2.30. The SMILES string of the molecule is CCCCCC(=N/NC(N)=S)/C(C)=N/NC(N)=S. The molecule has 0 amide bonds. The van der Waals surface area contributed by atoms with E-state index in [1.54, 1.807) is 0 Å². The molecular weight excluding hydrogens is 268 g/mol. The Kier molecular flexibility index (Phi) is 9.03. The zero-order chi connectivity index (χ0) is 14.0.